The van der Waals surface area contributed by atoms with Crippen LogP contribution in [0.2, 0.25) is 10.0 Å². The normalized spacial score (nSPS) is 17.8. The van der Waals surface area contributed by atoms with Gasteiger partial charge in [0, 0.05) is 21.7 Å². The summed E-state index contributed by atoms with van der Waals surface area (Å²) in [7, 11) is -4.04. The number of hydrogen-bond donors (Lipinski definition) is 0. The van der Waals surface area contributed by atoms with Gasteiger partial charge in [0.05, 0.1) is 24.7 Å². The highest BCUT2D eigenvalue weighted by Gasteiger charge is 2.47. The molecule has 1 heterocycles. The molecule has 1 aliphatic rings. The van der Waals surface area contributed by atoms with Crippen LogP contribution >= 0.6 is 23.2 Å². The highest BCUT2D eigenvalue weighted by molar-refractivity contribution is 7.90. The average molecular weight is 601 g/mol. The van der Waals surface area contributed by atoms with E-state index < -0.39 is 21.6 Å². The molecule has 3 aromatic rings. The number of hydrazone groups is 1. The van der Waals surface area contributed by atoms with Crippen molar-refractivity contribution in [3.8, 4) is 0 Å². The summed E-state index contributed by atoms with van der Waals surface area (Å²) < 4.78 is 41.6. The highest BCUT2D eigenvalue weighted by atomic mass is 35.5. The first-order valence-electron chi connectivity index (χ1n) is 12.4. The first-order valence-corrected chi connectivity index (χ1v) is 14.6. The van der Waals surface area contributed by atoms with E-state index in [4.69, 9.17) is 37.8 Å². The summed E-state index contributed by atoms with van der Waals surface area (Å²) in [6.07, 6.45) is 2.87. The summed E-state index contributed by atoms with van der Waals surface area (Å²) in [5, 5.41) is 7.27. The Bertz CT molecular complexity index is 1540. The van der Waals surface area contributed by atoms with Crippen molar-refractivity contribution in [1.29, 1.82) is 0 Å². The fraction of sp³-hybridized carbons (Fsp3) is 0.207. The minimum Gasteiger partial charge on any atom is -0.463 e. The maximum absolute atomic E-state index is 13.1. The van der Waals surface area contributed by atoms with Crippen LogP contribution in [0.5, 0.6) is 0 Å². The summed E-state index contributed by atoms with van der Waals surface area (Å²) in [4.78, 5) is 11.8. The largest absolute Gasteiger partial charge is 0.463 e. The number of hydrogen-bond acceptors (Lipinski definition) is 6. The van der Waals surface area contributed by atoms with E-state index in [0.717, 1.165) is 11.1 Å². The van der Waals surface area contributed by atoms with Crippen molar-refractivity contribution in [1.82, 2.24) is 5.01 Å². The maximum Gasteiger partial charge on any atom is 0.330 e. The number of halogens is 2. The maximum atomic E-state index is 13.1. The van der Waals surface area contributed by atoms with Gasteiger partial charge in [-0.2, -0.15) is 13.5 Å². The lowest BCUT2D eigenvalue weighted by Crippen LogP contribution is -2.42. The molecule has 0 saturated heterocycles. The molecule has 0 radical (unpaired) electrons. The fourth-order valence-electron chi connectivity index (χ4n) is 4.15. The molecule has 208 valence electrons. The molecule has 3 aromatic carbocycles. The Labute approximate surface area is 243 Å². The second-order valence-corrected chi connectivity index (χ2v) is 11.2. The topological polar surface area (TPSA) is 97.6 Å². The Kier molecular flexibility index (Phi) is 9.42. The molecule has 0 aromatic heterocycles. The number of nitrogens with zero attached hydrogens (tertiary/aromatic N) is 3. The van der Waals surface area contributed by atoms with Crippen molar-refractivity contribution >= 4 is 50.7 Å². The van der Waals surface area contributed by atoms with E-state index in [1.54, 1.807) is 32.1 Å². The van der Waals surface area contributed by atoms with E-state index >= 15 is 0 Å². The van der Waals surface area contributed by atoms with Crippen LogP contribution in [-0.2, 0) is 29.9 Å². The molecule has 0 saturated carbocycles. The Morgan fingerprint density at radius 1 is 1.02 bits per heavy atom. The second-order valence-electron chi connectivity index (χ2n) is 8.74. The molecule has 1 unspecified atom stereocenters. The molecule has 0 bridgehead atoms. The minimum atomic E-state index is -4.04. The summed E-state index contributed by atoms with van der Waals surface area (Å²) in [6, 6.07) is 22.3. The lowest BCUT2D eigenvalue weighted by atomic mass is 9.85. The Balaban J connectivity index is 1.77. The molecule has 1 aliphatic heterocycles. The summed E-state index contributed by atoms with van der Waals surface area (Å²) >= 11 is 12.1. The molecule has 8 nitrogen and oxygen atoms in total. The van der Waals surface area contributed by atoms with E-state index in [-0.39, 0.29) is 30.5 Å². The second kappa shape index (κ2) is 12.8. The molecule has 0 spiro atoms. The Morgan fingerprint density at radius 3 is 2.27 bits per heavy atom. The lowest BCUT2D eigenvalue weighted by molar-refractivity contribution is -0.137. The number of benzene rings is 3. The van der Waals surface area contributed by atoms with E-state index in [1.165, 1.54) is 35.4 Å². The van der Waals surface area contributed by atoms with Gasteiger partial charge in [-0.3, -0.25) is 0 Å². The van der Waals surface area contributed by atoms with Gasteiger partial charge in [-0.05, 0) is 55.8 Å². The first kappa shape index (κ1) is 29.5. The molecule has 11 heteroatoms. The van der Waals surface area contributed by atoms with Crippen molar-refractivity contribution in [2.24, 2.45) is 9.50 Å². The third kappa shape index (κ3) is 6.79. The van der Waals surface area contributed by atoms with Crippen LogP contribution in [0.1, 0.15) is 25.0 Å². The van der Waals surface area contributed by atoms with Gasteiger partial charge in [0.1, 0.15) is 11.5 Å². The molecule has 0 amide bonds. The van der Waals surface area contributed by atoms with E-state index in [0.29, 0.717) is 15.8 Å². The van der Waals surface area contributed by atoms with Crippen molar-refractivity contribution in [3.63, 3.8) is 0 Å². The molecule has 0 N–H and O–H groups in total. The van der Waals surface area contributed by atoms with Crippen LogP contribution in [0.15, 0.2) is 105 Å². The molecular weight excluding hydrogens is 573 g/mol. The average Bonchev–Trinajstić information content (AvgIpc) is 3.33. The fourth-order valence-corrected chi connectivity index (χ4v) is 5.43. The predicted octanol–water partition coefficient (Wildman–Crippen LogP) is 5.85. The molecule has 0 fully saturated rings. The van der Waals surface area contributed by atoms with E-state index in [9.17, 15) is 13.2 Å². The van der Waals surface area contributed by atoms with Gasteiger partial charge in [-0.15, -0.1) is 4.40 Å². The number of esters is 1. The molecule has 0 aliphatic carbocycles. The van der Waals surface area contributed by atoms with Gasteiger partial charge in [-0.1, -0.05) is 71.7 Å². The Hall–Kier alpha value is -3.50. The van der Waals surface area contributed by atoms with Crippen LogP contribution < -0.4 is 0 Å². The van der Waals surface area contributed by atoms with E-state index in [1.807, 2.05) is 42.5 Å². The highest BCUT2D eigenvalue weighted by Crippen LogP contribution is 2.37. The zero-order valence-corrected chi connectivity index (χ0v) is 24.2. The number of amidine groups is 1. The number of rotatable bonds is 9. The zero-order chi connectivity index (χ0) is 28.8. The van der Waals surface area contributed by atoms with Gasteiger partial charge in [0.2, 0.25) is 0 Å². The van der Waals surface area contributed by atoms with Gasteiger partial charge in [0.25, 0.3) is 10.0 Å². The summed E-state index contributed by atoms with van der Waals surface area (Å²) in [6.45, 7) is 3.72. The van der Waals surface area contributed by atoms with Crippen molar-refractivity contribution in [2.75, 3.05) is 19.8 Å². The smallest absolute Gasteiger partial charge is 0.330 e. The Morgan fingerprint density at radius 2 is 1.65 bits per heavy atom. The van der Waals surface area contributed by atoms with Crippen molar-refractivity contribution in [3.05, 3.63) is 112 Å². The number of carbonyl (C=O) groups is 1. The molecule has 40 heavy (non-hydrogen) atoms. The zero-order valence-electron chi connectivity index (χ0n) is 21.8. The number of ether oxygens (including phenoxy) is 2. The standard InChI is InChI=1S/C29H27Cl2N3O5S/c1-3-38-27(35)10-7-19-39-29(23-8-5-4-6-9-23)20-34(32-28(29)22-11-13-24(30)14-12-22)21(2)33-40(36,37)26-17-15-25(31)16-18-26/h4-18H,3,19-20H2,1-2H3/b10-7+,33-21+. The first-order chi connectivity index (χ1) is 19.1. The van der Waals surface area contributed by atoms with Gasteiger partial charge >= 0.3 is 5.97 Å². The van der Waals surface area contributed by atoms with Gasteiger partial charge < -0.3 is 9.47 Å². The molecule has 4 rings (SSSR count). The third-order valence-electron chi connectivity index (χ3n) is 6.04. The van der Waals surface area contributed by atoms with Crippen LogP contribution in [0.4, 0.5) is 0 Å². The van der Waals surface area contributed by atoms with Gasteiger partial charge in [-0.25, -0.2) is 9.80 Å². The SMILES string of the molecule is CCOC(=O)/C=C/COC1(c2ccccc2)CN(/C(C)=N/S(=O)(=O)c2ccc(Cl)cc2)N=C1c1ccc(Cl)cc1. The predicted molar refractivity (Wildman–Crippen MR) is 156 cm³/mol. The number of sulfonamides is 1. The van der Waals surface area contributed by atoms with Gasteiger partial charge in [0.15, 0.2) is 5.60 Å². The monoisotopic (exact) mass is 599 g/mol. The minimum absolute atomic E-state index is 0.00651. The molecule has 1 atom stereocenters. The lowest BCUT2D eigenvalue weighted by Gasteiger charge is -2.31. The summed E-state index contributed by atoms with van der Waals surface area (Å²) in [5.41, 5.74) is 0.885. The third-order valence-corrected chi connectivity index (χ3v) is 7.91. The number of carbonyl (C=O) groups excluding carboxylic acids is 1. The van der Waals surface area contributed by atoms with Crippen LogP contribution in [0, 0.1) is 0 Å². The van der Waals surface area contributed by atoms with E-state index in [2.05, 4.69) is 4.40 Å². The van der Waals surface area contributed by atoms with Crippen LogP contribution in [-0.4, -0.2) is 50.7 Å². The van der Waals surface area contributed by atoms with Crippen molar-refractivity contribution < 1.29 is 22.7 Å². The van der Waals surface area contributed by atoms with Crippen molar-refractivity contribution in [2.45, 2.75) is 24.3 Å². The quantitative estimate of drug-likeness (QED) is 0.132. The van der Waals surface area contributed by atoms with Crippen LogP contribution in [0.25, 0.3) is 0 Å². The summed E-state index contributed by atoms with van der Waals surface area (Å²) in [5.74, 6) is -0.334. The van der Waals surface area contributed by atoms with Crippen LogP contribution in [0.3, 0.4) is 0 Å². The molecular formula is C29H27Cl2N3O5S.